The molecule has 64 valence electrons. The first-order chi connectivity index (χ1) is 5.24. The van der Waals surface area contributed by atoms with Crippen molar-refractivity contribution in [1.29, 1.82) is 0 Å². The molecule has 4 heteroatoms. The molecule has 11 heavy (non-hydrogen) atoms. The minimum absolute atomic E-state index is 0.0218. The van der Waals surface area contributed by atoms with Gasteiger partial charge < -0.3 is 16.0 Å². The van der Waals surface area contributed by atoms with Crippen LogP contribution in [0.5, 0.6) is 0 Å². The van der Waals surface area contributed by atoms with E-state index in [1.165, 1.54) is 0 Å². The Morgan fingerprint density at radius 1 is 1.82 bits per heavy atom. The monoisotopic (exact) mass is 157 g/mol. The fraction of sp³-hybridized carbons (Fsp3) is 0.857. The van der Waals surface area contributed by atoms with Crippen LogP contribution in [0.15, 0.2) is 0 Å². The summed E-state index contributed by atoms with van der Waals surface area (Å²) in [6.07, 6.45) is 0. The van der Waals surface area contributed by atoms with E-state index in [2.05, 4.69) is 12.2 Å². The van der Waals surface area contributed by atoms with Crippen LogP contribution >= 0.6 is 0 Å². The van der Waals surface area contributed by atoms with E-state index < -0.39 is 0 Å². The van der Waals surface area contributed by atoms with Gasteiger partial charge in [0.15, 0.2) is 0 Å². The molecule has 1 heterocycles. The first kappa shape index (κ1) is 8.33. The minimum atomic E-state index is 0.0218. The summed E-state index contributed by atoms with van der Waals surface area (Å²) >= 11 is 0. The summed E-state index contributed by atoms with van der Waals surface area (Å²) in [4.78, 5) is 12.8. The highest BCUT2D eigenvalue weighted by Crippen LogP contribution is 2.04. The maximum absolute atomic E-state index is 11.1. The molecule has 1 fully saturated rings. The molecular weight excluding hydrogens is 142 g/mol. The van der Waals surface area contributed by atoms with Crippen LogP contribution in [0.25, 0.3) is 0 Å². The number of rotatable bonds is 2. The molecule has 1 rings (SSSR count). The number of hydrogen-bond acceptors (Lipinski definition) is 2. The van der Waals surface area contributed by atoms with Gasteiger partial charge in [-0.3, -0.25) is 0 Å². The summed E-state index contributed by atoms with van der Waals surface area (Å²) in [5.41, 5.74) is 5.35. The van der Waals surface area contributed by atoms with Crippen molar-refractivity contribution in [2.24, 2.45) is 11.7 Å². The summed E-state index contributed by atoms with van der Waals surface area (Å²) in [5.74, 6) is 0.541. The predicted octanol–water partition coefficient (Wildman–Crippen LogP) is -0.394. The molecule has 0 aliphatic carbocycles. The van der Waals surface area contributed by atoms with Crippen molar-refractivity contribution >= 4 is 6.03 Å². The molecule has 0 saturated carbocycles. The first-order valence-electron chi connectivity index (χ1n) is 3.97. The standard InChI is InChI=1S/C7H15N3O/c1-6-4-9-7(11)10(5-6)3-2-8/h6H,2-5,8H2,1H3,(H,9,11). The fourth-order valence-corrected chi connectivity index (χ4v) is 1.25. The van der Waals surface area contributed by atoms with E-state index in [0.29, 0.717) is 19.0 Å². The second-order valence-corrected chi connectivity index (χ2v) is 3.03. The third kappa shape index (κ3) is 2.08. The summed E-state index contributed by atoms with van der Waals surface area (Å²) in [6, 6.07) is 0.0218. The van der Waals surface area contributed by atoms with Gasteiger partial charge in [0.2, 0.25) is 0 Å². The van der Waals surface area contributed by atoms with E-state index in [0.717, 1.165) is 13.1 Å². The maximum Gasteiger partial charge on any atom is 0.317 e. The number of hydrogen-bond donors (Lipinski definition) is 2. The van der Waals surface area contributed by atoms with Crippen LogP contribution < -0.4 is 11.1 Å². The van der Waals surface area contributed by atoms with Gasteiger partial charge in [0.25, 0.3) is 0 Å². The van der Waals surface area contributed by atoms with Gasteiger partial charge in [0, 0.05) is 26.2 Å². The van der Waals surface area contributed by atoms with Crippen LogP contribution in [0.1, 0.15) is 6.92 Å². The van der Waals surface area contributed by atoms with Gasteiger partial charge in [-0.15, -0.1) is 0 Å². The van der Waals surface area contributed by atoms with Crippen LogP contribution in [0, 0.1) is 5.92 Å². The molecule has 0 aromatic heterocycles. The Balaban J connectivity index is 2.40. The van der Waals surface area contributed by atoms with Crippen molar-refractivity contribution in [3.63, 3.8) is 0 Å². The summed E-state index contributed by atoms with van der Waals surface area (Å²) in [5, 5.41) is 2.80. The first-order valence-corrected chi connectivity index (χ1v) is 3.97. The predicted molar refractivity (Wildman–Crippen MR) is 43.2 cm³/mol. The maximum atomic E-state index is 11.1. The zero-order chi connectivity index (χ0) is 8.27. The molecule has 2 amide bonds. The lowest BCUT2D eigenvalue weighted by Gasteiger charge is -2.31. The van der Waals surface area contributed by atoms with E-state index in [1.807, 2.05) is 0 Å². The van der Waals surface area contributed by atoms with Crippen molar-refractivity contribution in [2.45, 2.75) is 6.92 Å². The molecule has 3 N–H and O–H groups in total. The Kier molecular flexibility index (Phi) is 2.70. The number of urea groups is 1. The zero-order valence-corrected chi connectivity index (χ0v) is 6.84. The molecule has 0 bridgehead atoms. The minimum Gasteiger partial charge on any atom is -0.338 e. The van der Waals surface area contributed by atoms with Crippen LogP contribution in [-0.2, 0) is 0 Å². The number of nitrogens with two attached hydrogens (primary N) is 1. The van der Waals surface area contributed by atoms with Crippen molar-refractivity contribution in [3.8, 4) is 0 Å². The second-order valence-electron chi connectivity index (χ2n) is 3.03. The summed E-state index contributed by atoms with van der Waals surface area (Å²) in [6.45, 7) is 4.95. The number of carbonyl (C=O) groups excluding carboxylic acids is 1. The molecule has 4 nitrogen and oxygen atoms in total. The lowest BCUT2D eigenvalue weighted by Crippen LogP contribution is -2.51. The lowest BCUT2D eigenvalue weighted by atomic mass is 10.1. The molecule has 1 saturated heterocycles. The van der Waals surface area contributed by atoms with E-state index in [9.17, 15) is 4.79 Å². The topological polar surface area (TPSA) is 58.4 Å². The Labute approximate surface area is 66.7 Å². The smallest absolute Gasteiger partial charge is 0.317 e. The number of nitrogens with one attached hydrogen (secondary N) is 1. The highest BCUT2D eigenvalue weighted by Gasteiger charge is 2.20. The van der Waals surface area contributed by atoms with Crippen molar-refractivity contribution in [3.05, 3.63) is 0 Å². The zero-order valence-electron chi connectivity index (χ0n) is 6.84. The van der Waals surface area contributed by atoms with Crippen molar-refractivity contribution < 1.29 is 4.79 Å². The van der Waals surface area contributed by atoms with Gasteiger partial charge in [-0.25, -0.2) is 4.79 Å². The molecule has 1 aliphatic rings. The molecule has 1 unspecified atom stereocenters. The van der Waals surface area contributed by atoms with Gasteiger partial charge >= 0.3 is 6.03 Å². The average molecular weight is 157 g/mol. The van der Waals surface area contributed by atoms with Crippen molar-refractivity contribution in [2.75, 3.05) is 26.2 Å². The Morgan fingerprint density at radius 2 is 2.55 bits per heavy atom. The normalized spacial score (nSPS) is 25.1. The molecule has 1 atom stereocenters. The Morgan fingerprint density at radius 3 is 3.18 bits per heavy atom. The second kappa shape index (κ2) is 3.57. The van der Waals surface area contributed by atoms with Crippen LogP contribution in [0.4, 0.5) is 4.79 Å². The van der Waals surface area contributed by atoms with Gasteiger partial charge in [0.05, 0.1) is 0 Å². The molecule has 0 aromatic rings. The van der Waals surface area contributed by atoms with Crippen LogP contribution in [0.3, 0.4) is 0 Å². The SMILES string of the molecule is CC1CNC(=O)N(CCN)C1. The Bertz CT molecular complexity index is 149. The van der Waals surface area contributed by atoms with Crippen LogP contribution in [-0.4, -0.2) is 37.1 Å². The summed E-state index contributed by atoms with van der Waals surface area (Å²) in [7, 11) is 0. The molecule has 0 aromatic carbocycles. The van der Waals surface area contributed by atoms with E-state index in [1.54, 1.807) is 4.90 Å². The number of carbonyl (C=O) groups is 1. The number of amides is 2. The Hall–Kier alpha value is -0.770. The van der Waals surface area contributed by atoms with Crippen molar-refractivity contribution in [1.82, 2.24) is 10.2 Å². The molecular formula is C7H15N3O. The van der Waals surface area contributed by atoms with E-state index >= 15 is 0 Å². The quantitative estimate of drug-likeness (QED) is 0.573. The van der Waals surface area contributed by atoms with Gasteiger partial charge in [-0.2, -0.15) is 0 Å². The highest BCUT2D eigenvalue weighted by molar-refractivity contribution is 5.74. The fourth-order valence-electron chi connectivity index (χ4n) is 1.25. The van der Waals surface area contributed by atoms with Gasteiger partial charge in [-0.1, -0.05) is 6.92 Å². The lowest BCUT2D eigenvalue weighted by molar-refractivity contribution is 0.173. The third-order valence-corrected chi connectivity index (χ3v) is 1.82. The average Bonchev–Trinajstić information content (AvgIpc) is 1.98. The molecule has 0 radical (unpaired) electrons. The largest absolute Gasteiger partial charge is 0.338 e. The van der Waals surface area contributed by atoms with Gasteiger partial charge in [-0.05, 0) is 5.92 Å². The van der Waals surface area contributed by atoms with E-state index in [-0.39, 0.29) is 6.03 Å². The van der Waals surface area contributed by atoms with Gasteiger partial charge in [0.1, 0.15) is 0 Å². The molecule has 1 aliphatic heterocycles. The van der Waals surface area contributed by atoms with E-state index in [4.69, 9.17) is 5.73 Å². The third-order valence-electron chi connectivity index (χ3n) is 1.82. The molecule has 0 spiro atoms. The highest BCUT2D eigenvalue weighted by atomic mass is 16.2. The summed E-state index contributed by atoms with van der Waals surface area (Å²) < 4.78 is 0. The van der Waals surface area contributed by atoms with Crippen LogP contribution in [0.2, 0.25) is 0 Å². The number of nitrogens with zero attached hydrogens (tertiary/aromatic N) is 1.